The molecule has 0 saturated heterocycles. The normalized spacial score (nSPS) is 17.2. The monoisotopic (exact) mass is 306 g/mol. The van der Waals surface area contributed by atoms with Gasteiger partial charge in [-0.1, -0.05) is 35.2 Å². The molecule has 3 nitrogen and oxygen atoms in total. The molecule has 3 rings (SSSR count). The van der Waals surface area contributed by atoms with Crippen LogP contribution in [0.4, 0.5) is 0 Å². The lowest BCUT2D eigenvalue weighted by Crippen LogP contribution is -2.26. The number of hydrogen-bond acceptors (Lipinski definition) is 2. The van der Waals surface area contributed by atoms with Crippen LogP contribution in [0.15, 0.2) is 33.8 Å². The van der Waals surface area contributed by atoms with Crippen LogP contribution in [0.3, 0.4) is 0 Å². The summed E-state index contributed by atoms with van der Waals surface area (Å²) in [5.41, 5.74) is 0.864. The van der Waals surface area contributed by atoms with Crippen molar-refractivity contribution in [2.24, 2.45) is 0 Å². The van der Waals surface area contributed by atoms with Gasteiger partial charge < -0.3 is 0 Å². The zero-order chi connectivity index (χ0) is 12.5. The molecule has 0 amide bonds. The van der Waals surface area contributed by atoms with E-state index in [0.717, 1.165) is 22.8 Å². The fraction of sp³-hybridized carbons (Fsp3) is 0.429. The van der Waals surface area contributed by atoms with Gasteiger partial charge in [-0.3, -0.25) is 9.36 Å². The number of rotatable bonds is 1. The second-order valence-electron chi connectivity index (χ2n) is 4.91. The Kier molecular flexibility index (Phi) is 3.20. The molecule has 1 aromatic heterocycles. The summed E-state index contributed by atoms with van der Waals surface area (Å²) in [5, 5.41) is 0.706. The summed E-state index contributed by atoms with van der Waals surface area (Å²) in [4.78, 5) is 16.9. The maximum atomic E-state index is 12.5. The molecule has 1 heterocycles. The summed E-state index contributed by atoms with van der Waals surface area (Å²) in [6.07, 6.45) is 7.63. The number of nitrogens with zero attached hydrogens (tertiary/aromatic N) is 2. The fourth-order valence-electron chi connectivity index (χ4n) is 2.73. The Morgan fingerprint density at radius 3 is 2.78 bits per heavy atom. The average Bonchev–Trinajstić information content (AvgIpc) is 2.41. The highest BCUT2D eigenvalue weighted by Gasteiger charge is 2.17. The van der Waals surface area contributed by atoms with Gasteiger partial charge in [-0.25, -0.2) is 4.98 Å². The Morgan fingerprint density at radius 2 is 2.00 bits per heavy atom. The van der Waals surface area contributed by atoms with Crippen molar-refractivity contribution in [3.8, 4) is 0 Å². The molecule has 1 saturated carbocycles. The van der Waals surface area contributed by atoms with E-state index < -0.39 is 0 Å². The summed E-state index contributed by atoms with van der Waals surface area (Å²) in [6.45, 7) is 0. The van der Waals surface area contributed by atoms with Crippen molar-refractivity contribution in [3.63, 3.8) is 0 Å². The van der Waals surface area contributed by atoms with Crippen LogP contribution in [-0.4, -0.2) is 9.55 Å². The van der Waals surface area contributed by atoms with E-state index in [1.54, 1.807) is 6.33 Å². The van der Waals surface area contributed by atoms with Gasteiger partial charge in [0.15, 0.2) is 0 Å². The second kappa shape index (κ2) is 4.84. The van der Waals surface area contributed by atoms with E-state index in [1.165, 1.54) is 19.3 Å². The highest BCUT2D eigenvalue weighted by atomic mass is 79.9. The molecular formula is C14H15BrN2O. The minimum absolute atomic E-state index is 0.0909. The van der Waals surface area contributed by atoms with Crippen LogP contribution in [0.1, 0.15) is 38.1 Å². The van der Waals surface area contributed by atoms with Gasteiger partial charge >= 0.3 is 0 Å². The second-order valence-corrected chi connectivity index (χ2v) is 5.83. The maximum absolute atomic E-state index is 12.5. The van der Waals surface area contributed by atoms with E-state index in [-0.39, 0.29) is 5.56 Å². The number of halogens is 1. The van der Waals surface area contributed by atoms with E-state index in [1.807, 2.05) is 22.8 Å². The van der Waals surface area contributed by atoms with Crippen LogP contribution in [0, 0.1) is 0 Å². The molecule has 1 aliphatic rings. The molecule has 0 N–H and O–H groups in total. The Bertz CT molecular complexity index is 629. The van der Waals surface area contributed by atoms with Gasteiger partial charge in [-0.05, 0) is 31.0 Å². The molecule has 2 aromatic rings. The largest absolute Gasteiger partial charge is 0.296 e. The van der Waals surface area contributed by atoms with Crippen molar-refractivity contribution >= 4 is 26.8 Å². The standard InChI is InChI=1S/C14H15BrN2O/c15-10-6-7-13-12(8-10)14(18)17(9-16-13)11-4-2-1-3-5-11/h6-9,11H,1-5H2. The van der Waals surface area contributed by atoms with E-state index in [9.17, 15) is 4.79 Å². The van der Waals surface area contributed by atoms with Gasteiger partial charge in [0.1, 0.15) is 0 Å². The average molecular weight is 307 g/mol. The van der Waals surface area contributed by atoms with Crippen molar-refractivity contribution in [2.45, 2.75) is 38.1 Å². The maximum Gasteiger partial charge on any atom is 0.261 e. The van der Waals surface area contributed by atoms with Gasteiger partial charge in [0.05, 0.1) is 17.2 Å². The molecular weight excluding hydrogens is 292 g/mol. The van der Waals surface area contributed by atoms with Crippen LogP contribution in [0.2, 0.25) is 0 Å². The third-order valence-corrected chi connectivity index (χ3v) is 4.21. The summed E-state index contributed by atoms with van der Waals surface area (Å²) in [7, 11) is 0. The minimum Gasteiger partial charge on any atom is -0.296 e. The molecule has 0 spiro atoms. The molecule has 18 heavy (non-hydrogen) atoms. The Labute approximate surface area is 114 Å². The molecule has 1 fully saturated rings. The number of hydrogen-bond donors (Lipinski definition) is 0. The number of benzene rings is 1. The topological polar surface area (TPSA) is 34.9 Å². The molecule has 0 aliphatic heterocycles. The molecule has 0 radical (unpaired) electrons. The molecule has 1 aromatic carbocycles. The van der Waals surface area contributed by atoms with Crippen molar-refractivity contribution in [1.82, 2.24) is 9.55 Å². The van der Waals surface area contributed by atoms with E-state index in [0.29, 0.717) is 11.4 Å². The van der Waals surface area contributed by atoms with Crippen molar-refractivity contribution in [3.05, 3.63) is 39.4 Å². The van der Waals surface area contributed by atoms with E-state index in [2.05, 4.69) is 20.9 Å². The van der Waals surface area contributed by atoms with Crippen LogP contribution < -0.4 is 5.56 Å². The minimum atomic E-state index is 0.0909. The lowest BCUT2D eigenvalue weighted by Gasteiger charge is -2.23. The van der Waals surface area contributed by atoms with Crippen LogP contribution in [0.25, 0.3) is 10.9 Å². The SMILES string of the molecule is O=c1c2cc(Br)ccc2ncn1C1CCCCC1. The van der Waals surface area contributed by atoms with Gasteiger partial charge in [0.25, 0.3) is 5.56 Å². The molecule has 4 heteroatoms. The van der Waals surface area contributed by atoms with Crippen LogP contribution >= 0.6 is 15.9 Å². The van der Waals surface area contributed by atoms with Gasteiger partial charge in [0.2, 0.25) is 0 Å². The molecule has 0 bridgehead atoms. The summed E-state index contributed by atoms with van der Waals surface area (Å²) < 4.78 is 2.75. The highest BCUT2D eigenvalue weighted by Crippen LogP contribution is 2.27. The lowest BCUT2D eigenvalue weighted by atomic mass is 9.95. The first-order chi connectivity index (χ1) is 8.75. The molecule has 1 aliphatic carbocycles. The number of fused-ring (bicyclic) bond motifs is 1. The Balaban J connectivity index is 2.13. The smallest absolute Gasteiger partial charge is 0.261 e. The lowest BCUT2D eigenvalue weighted by molar-refractivity contribution is 0.345. The molecule has 0 atom stereocenters. The predicted octanol–water partition coefficient (Wildman–Crippen LogP) is 3.66. The Hall–Kier alpha value is -1.16. The van der Waals surface area contributed by atoms with E-state index >= 15 is 0 Å². The summed E-state index contributed by atoms with van der Waals surface area (Å²) in [6, 6.07) is 6.00. The third-order valence-electron chi connectivity index (χ3n) is 3.71. The first-order valence-electron chi connectivity index (χ1n) is 6.42. The van der Waals surface area contributed by atoms with Gasteiger partial charge in [-0.2, -0.15) is 0 Å². The zero-order valence-corrected chi connectivity index (χ0v) is 11.7. The third kappa shape index (κ3) is 2.09. The zero-order valence-electron chi connectivity index (χ0n) is 10.1. The first kappa shape index (κ1) is 11.9. The number of aromatic nitrogens is 2. The summed E-state index contributed by atoms with van der Waals surface area (Å²) >= 11 is 3.41. The van der Waals surface area contributed by atoms with E-state index in [4.69, 9.17) is 0 Å². The molecule has 94 valence electrons. The fourth-order valence-corrected chi connectivity index (χ4v) is 3.09. The van der Waals surface area contributed by atoms with Crippen molar-refractivity contribution in [2.75, 3.05) is 0 Å². The van der Waals surface area contributed by atoms with Crippen LogP contribution in [0.5, 0.6) is 0 Å². The Morgan fingerprint density at radius 1 is 1.22 bits per heavy atom. The highest BCUT2D eigenvalue weighted by molar-refractivity contribution is 9.10. The summed E-state index contributed by atoms with van der Waals surface area (Å²) in [5.74, 6) is 0. The first-order valence-corrected chi connectivity index (χ1v) is 7.21. The van der Waals surface area contributed by atoms with Crippen molar-refractivity contribution < 1.29 is 0 Å². The predicted molar refractivity (Wildman–Crippen MR) is 75.8 cm³/mol. The quantitative estimate of drug-likeness (QED) is 0.806. The van der Waals surface area contributed by atoms with Gasteiger partial charge in [-0.15, -0.1) is 0 Å². The van der Waals surface area contributed by atoms with Gasteiger partial charge in [0, 0.05) is 10.5 Å². The van der Waals surface area contributed by atoms with Crippen molar-refractivity contribution in [1.29, 1.82) is 0 Å². The van der Waals surface area contributed by atoms with Crippen LogP contribution in [-0.2, 0) is 0 Å². The molecule has 0 unspecified atom stereocenters.